The molecule has 0 saturated carbocycles. The van der Waals surface area contributed by atoms with E-state index in [9.17, 15) is 14.0 Å². The summed E-state index contributed by atoms with van der Waals surface area (Å²) >= 11 is 0. The zero-order valence-corrected chi connectivity index (χ0v) is 9.40. The van der Waals surface area contributed by atoms with Crippen molar-refractivity contribution in [1.29, 1.82) is 0 Å². The van der Waals surface area contributed by atoms with Gasteiger partial charge in [-0.2, -0.15) is 0 Å². The van der Waals surface area contributed by atoms with E-state index in [-0.39, 0.29) is 30.1 Å². The number of hydrogen-bond acceptors (Lipinski definition) is 3. The molecule has 0 saturated heterocycles. The van der Waals surface area contributed by atoms with Crippen molar-refractivity contribution in [3.05, 3.63) is 29.6 Å². The molecular formula is C12H13FO4. The lowest BCUT2D eigenvalue weighted by Crippen LogP contribution is -2.03. The number of benzene rings is 1. The lowest BCUT2D eigenvalue weighted by molar-refractivity contribution is -0.137. The fourth-order valence-corrected chi connectivity index (χ4v) is 1.28. The van der Waals surface area contributed by atoms with Gasteiger partial charge in [0.05, 0.1) is 12.2 Å². The first-order chi connectivity index (χ1) is 8.00. The summed E-state index contributed by atoms with van der Waals surface area (Å²) in [4.78, 5) is 21.2. The predicted molar refractivity (Wildman–Crippen MR) is 58.8 cm³/mol. The summed E-state index contributed by atoms with van der Waals surface area (Å²) in [6.07, 6.45) is 0.361. The average Bonchev–Trinajstić information content (AvgIpc) is 2.23. The molecule has 0 heterocycles. The maximum absolute atomic E-state index is 13.3. The number of hydrogen-bond donors (Lipinski definition) is 1. The second-order valence-electron chi connectivity index (χ2n) is 3.54. The van der Waals surface area contributed by atoms with Crippen molar-refractivity contribution < 1.29 is 23.8 Å². The van der Waals surface area contributed by atoms with Crippen molar-refractivity contribution >= 4 is 11.8 Å². The van der Waals surface area contributed by atoms with E-state index in [1.807, 2.05) is 0 Å². The summed E-state index contributed by atoms with van der Waals surface area (Å²) in [5.41, 5.74) is 0.0166. The first kappa shape index (κ1) is 13.2. The van der Waals surface area contributed by atoms with Gasteiger partial charge in [-0.15, -0.1) is 0 Å². The van der Waals surface area contributed by atoms with Gasteiger partial charge in [-0.1, -0.05) is 0 Å². The molecule has 1 aromatic rings. The molecule has 4 nitrogen and oxygen atoms in total. The maximum atomic E-state index is 13.3. The highest BCUT2D eigenvalue weighted by molar-refractivity contribution is 5.94. The minimum Gasteiger partial charge on any atom is -0.493 e. The Hall–Kier alpha value is -1.91. The van der Waals surface area contributed by atoms with Gasteiger partial charge in [0.25, 0.3) is 0 Å². The predicted octanol–water partition coefficient (Wildman–Crippen LogP) is 2.27. The Labute approximate surface area is 98.0 Å². The molecule has 1 aromatic carbocycles. The quantitative estimate of drug-likeness (QED) is 0.612. The van der Waals surface area contributed by atoms with Gasteiger partial charge in [0.15, 0.2) is 5.78 Å². The smallest absolute Gasteiger partial charge is 0.303 e. The Balaban J connectivity index is 2.53. The largest absolute Gasteiger partial charge is 0.493 e. The number of ketones is 1. The van der Waals surface area contributed by atoms with Crippen molar-refractivity contribution in [2.45, 2.75) is 19.8 Å². The van der Waals surface area contributed by atoms with Crippen LogP contribution in [0.2, 0.25) is 0 Å². The molecule has 0 spiro atoms. The molecule has 92 valence electrons. The van der Waals surface area contributed by atoms with Crippen LogP contribution in [0.3, 0.4) is 0 Å². The molecule has 1 N–H and O–H groups in total. The molecule has 0 atom stereocenters. The topological polar surface area (TPSA) is 63.6 Å². The van der Waals surface area contributed by atoms with Gasteiger partial charge in [0.1, 0.15) is 11.6 Å². The molecule has 1 rings (SSSR count). The van der Waals surface area contributed by atoms with Crippen LogP contribution in [0.5, 0.6) is 5.75 Å². The standard InChI is InChI=1S/C12H13FO4/c1-8(14)10-5-4-9(7-11(10)13)17-6-2-3-12(15)16/h4-5,7H,2-3,6H2,1H3,(H,15,16). The van der Waals surface area contributed by atoms with Crippen molar-refractivity contribution in [2.24, 2.45) is 0 Å². The van der Waals surface area contributed by atoms with Crippen LogP contribution in [0.15, 0.2) is 18.2 Å². The molecule has 17 heavy (non-hydrogen) atoms. The number of ether oxygens (including phenoxy) is 1. The van der Waals surface area contributed by atoms with E-state index in [4.69, 9.17) is 9.84 Å². The van der Waals surface area contributed by atoms with Crippen molar-refractivity contribution in [3.8, 4) is 5.75 Å². The van der Waals surface area contributed by atoms with E-state index < -0.39 is 11.8 Å². The van der Waals surface area contributed by atoms with Crippen LogP contribution in [0.1, 0.15) is 30.1 Å². The van der Waals surface area contributed by atoms with E-state index in [1.54, 1.807) is 0 Å². The molecule has 0 bridgehead atoms. The van der Waals surface area contributed by atoms with Gasteiger partial charge >= 0.3 is 5.97 Å². The minimum absolute atomic E-state index is 0.00795. The zero-order chi connectivity index (χ0) is 12.8. The van der Waals surface area contributed by atoms with Crippen LogP contribution in [-0.4, -0.2) is 23.5 Å². The molecule has 0 amide bonds. The number of carboxylic acids is 1. The molecule has 0 aromatic heterocycles. The molecular weight excluding hydrogens is 227 g/mol. The van der Waals surface area contributed by atoms with Gasteiger partial charge in [-0.3, -0.25) is 9.59 Å². The lowest BCUT2D eigenvalue weighted by Gasteiger charge is -2.06. The number of Topliss-reactive ketones (excluding diaryl/α,β-unsaturated/α-hetero) is 1. The van der Waals surface area contributed by atoms with Crippen LogP contribution in [-0.2, 0) is 4.79 Å². The van der Waals surface area contributed by atoms with Crippen LogP contribution < -0.4 is 4.74 Å². The van der Waals surface area contributed by atoms with Gasteiger partial charge in [-0.25, -0.2) is 4.39 Å². The Morgan fingerprint density at radius 3 is 2.65 bits per heavy atom. The van der Waals surface area contributed by atoms with Crippen LogP contribution in [0, 0.1) is 5.82 Å². The third-order valence-electron chi connectivity index (χ3n) is 2.12. The van der Waals surface area contributed by atoms with E-state index in [2.05, 4.69) is 0 Å². The van der Waals surface area contributed by atoms with E-state index in [1.165, 1.54) is 19.1 Å². The molecule has 0 aliphatic heterocycles. The summed E-state index contributed by atoms with van der Waals surface area (Å²) in [5, 5.41) is 8.40. The first-order valence-electron chi connectivity index (χ1n) is 5.16. The number of carbonyl (C=O) groups excluding carboxylic acids is 1. The highest BCUT2D eigenvalue weighted by Crippen LogP contribution is 2.17. The molecule has 5 heteroatoms. The monoisotopic (exact) mass is 240 g/mol. The summed E-state index contributed by atoms with van der Waals surface area (Å²) < 4.78 is 18.5. The summed E-state index contributed by atoms with van der Waals surface area (Å²) in [7, 11) is 0. The fraction of sp³-hybridized carbons (Fsp3) is 0.333. The van der Waals surface area contributed by atoms with E-state index in [0.29, 0.717) is 6.42 Å². The lowest BCUT2D eigenvalue weighted by atomic mass is 10.1. The second-order valence-corrected chi connectivity index (χ2v) is 3.54. The van der Waals surface area contributed by atoms with Crippen LogP contribution in [0.25, 0.3) is 0 Å². The zero-order valence-electron chi connectivity index (χ0n) is 9.40. The van der Waals surface area contributed by atoms with Crippen LogP contribution >= 0.6 is 0 Å². The fourth-order valence-electron chi connectivity index (χ4n) is 1.28. The third-order valence-corrected chi connectivity index (χ3v) is 2.12. The van der Waals surface area contributed by atoms with Gasteiger partial charge in [0, 0.05) is 12.5 Å². The minimum atomic E-state index is -0.897. The third kappa shape index (κ3) is 4.22. The highest BCUT2D eigenvalue weighted by Gasteiger charge is 2.08. The molecule has 0 fully saturated rings. The Morgan fingerprint density at radius 1 is 1.41 bits per heavy atom. The van der Waals surface area contributed by atoms with Crippen molar-refractivity contribution in [1.82, 2.24) is 0 Å². The molecule has 0 radical (unpaired) electrons. The molecule has 0 aliphatic rings. The summed E-state index contributed by atoms with van der Waals surface area (Å²) in [5.74, 6) is -1.59. The Morgan fingerprint density at radius 2 is 2.12 bits per heavy atom. The van der Waals surface area contributed by atoms with E-state index in [0.717, 1.165) is 6.07 Å². The summed E-state index contributed by atoms with van der Waals surface area (Å²) in [6.45, 7) is 1.48. The number of carboxylic acid groups (broad SMARTS) is 1. The normalized spacial score (nSPS) is 10.0. The SMILES string of the molecule is CC(=O)c1ccc(OCCCC(=O)O)cc1F. The van der Waals surface area contributed by atoms with Gasteiger partial charge in [-0.05, 0) is 25.5 Å². The number of carbonyl (C=O) groups is 2. The molecule has 0 unspecified atom stereocenters. The van der Waals surface area contributed by atoms with Crippen molar-refractivity contribution in [2.75, 3.05) is 6.61 Å². The number of halogens is 1. The van der Waals surface area contributed by atoms with Crippen LogP contribution in [0.4, 0.5) is 4.39 Å². The second kappa shape index (κ2) is 5.98. The number of rotatable bonds is 6. The van der Waals surface area contributed by atoms with Gasteiger partial charge < -0.3 is 9.84 Å². The Bertz CT molecular complexity index is 429. The van der Waals surface area contributed by atoms with Crippen molar-refractivity contribution in [3.63, 3.8) is 0 Å². The Kier molecular flexibility index (Phi) is 4.63. The maximum Gasteiger partial charge on any atom is 0.303 e. The van der Waals surface area contributed by atoms with Gasteiger partial charge in [0.2, 0.25) is 0 Å². The highest BCUT2D eigenvalue weighted by atomic mass is 19.1. The number of aliphatic carboxylic acids is 1. The summed E-state index contributed by atoms with van der Waals surface area (Å²) in [6, 6.07) is 3.96. The first-order valence-corrected chi connectivity index (χ1v) is 5.16. The molecule has 0 aliphatic carbocycles. The van der Waals surface area contributed by atoms with E-state index >= 15 is 0 Å². The average molecular weight is 240 g/mol.